The van der Waals surface area contributed by atoms with Crippen molar-refractivity contribution in [3.05, 3.63) is 51.3 Å². The first-order valence-corrected chi connectivity index (χ1v) is 15.3. The monoisotopic (exact) mass is 609 g/mol. The third kappa shape index (κ3) is 10.2. The molecule has 1 aromatic carbocycles. The Kier molecular flexibility index (Phi) is 13.7. The van der Waals surface area contributed by atoms with E-state index in [0.717, 1.165) is 81.1 Å². The summed E-state index contributed by atoms with van der Waals surface area (Å²) in [6, 6.07) is 5.05. The molecule has 11 heteroatoms. The van der Waals surface area contributed by atoms with Gasteiger partial charge in [0.1, 0.15) is 6.04 Å². The molecule has 4 N–H and O–H groups in total. The van der Waals surface area contributed by atoms with Crippen molar-refractivity contribution in [2.24, 2.45) is 11.5 Å². The van der Waals surface area contributed by atoms with E-state index in [1.165, 1.54) is 4.90 Å². The fraction of sp³-hybridized carbons (Fsp3) is 0.600. The molecule has 228 valence electrons. The highest BCUT2D eigenvalue weighted by molar-refractivity contribution is 6.43. The van der Waals surface area contributed by atoms with Crippen LogP contribution in [0, 0.1) is 0 Å². The van der Waals surface area contributed by atoms with Gasteiger partial charge in [-0.25, -0.2) is 0 Å². The Labute approximate surface area is 254 Å². The first-order valence-electron chi connectivity index (χ1n) is 14.6. The highest BCUT2D eigenvalue weighted by Crippen LogP contribution is 2.33. The number of allylic oxidation sites excluding steroid dienone is 3. The quantitative estimate of drug-likeness (QED) is 0.167. The first kappa shape index (κ1) is 33.2. The van der Waals surface area contributed by atoms with Crippen LogP contribution in [0.5, 0.6) is 0 Å². The second-order valence-electron chi connectivity index (χ2n) is 10.7. The molecule has 2 heterocycles. The molecule has 1 amide bonds. The molecule has 3 rings (SSSR count). The molecule has 2 aliphatic heterocycles. The minimum atomic E-state index is -0.721. The number of carbonyl (C=O) groups excluding carboxylic acids is 2. The van der Waals surface area contributed by atoms with Gasteiger partial charge in [0.2, 0.25) is 5.91 Å². The minimum Gasteiger partial charge on any atom is -0.498 e. The number of rotatable bonds is 15. The molecule has 0 aromatic heterocycles. The fourth-order valence-electron chi connectivity index (χ4n) is 4.98. The average Bonchev–Trinajstić information content (AvgIpc) is 2.96. The molecule has 0 spiro atoms. The Morgan fingerprint density at radius 3 is 2.56 bits per heavy atom. The van der Waals surface area contributed by atoms with Gasteiger partial charge in [0, 0.05) is 38.3 Å². The summed E-state index contributed by atoms with van der Waals surface area (Å²) in [6.45, 7) is 9.65. The first-order chi connectivity index (χ1) is 19.7. The van der Waals surface area contributed by atoms with Crippen molar-refractivity contribution >= 4 is 40.8 Å². The van der Waals surface area contributed by atoms with Crippen molar-refractivity contribution < 1.29 is 19.1 Å². The maximum absolute atomic E-state index is 12.7. The molecule has 1 aromatic rings. The van der Waals surface area contributed by atoms with E-state index in [9.17, 15) is 9.59 Å². The van der Waals surface area contributed by atoms with Gasteiger partial charge in [0.15, 0.2) is 6.73 Å². The van der Waals surface area contributed by atoms with Crippen molar-refractivity contribution in [1.29, 1.82) is 0 Å². The van der Waals surface area contributed by atoms with Crippen molar-refractivity contribution in [2.75, 3.05) is 57.5 Å². The molecular formula is C30H45Cl2N5O4. The molecule has 0 radical (unpaired) electrons. The van der Waals surface area contributed by atoms with E-state index in [1.807, 2.05) is 38.1 Å². The molecule has 9 nitrogen and oxygen atoms in total. The third-order valence-electron chi connectivity index (χ3n) is 7.53. The predicted molar refractivity (Wildman–Crippen MR) is 165 cm³/mol. The van der Waals surface area contributed by atoms with Gasteiger partial charge >= 0.3 is 5.97 Å². The molecule has 0 aliphatic carbocycles. The Hall–Kier alpha value is -2.30. The van der Waals surface area contributed by atoms with E-state index in [4.69, 9.17) is 44.1 Å². The number of unbranched alkanes of at least 4 members (excludes halogenated alkanes) is 2. The van der Waals surface area contributed by atoms with Crippen LogP contribution in [0.4, 0.5) is 5.69 Å². The van der Waals surface area contributed by atoms with Gasteiger partial charge in [0.25, 0.3) is 0 Å². The SMILES string of the molecule is CC1=C(/C=C(\C)OCCCCN2CCN(c3cccc(Cl)c3Cl)CC2)N(COC(=O)C(N)CCCCN)C(=O)CC1. The summed E-state index contributed by atoms with van der Waals surface area (Å²) in [5, 5.41) is 1.21. The lowest BCUT2D eigenvalue weighted by atomic mass is 10.0. The number of anilines is 1. The van der Waals surface area contributed by atoms with Crippen molar-refractivity contribution in [2.45, 2.75) is 64.8 Å². The van der Waals surface area contributed by atoms with Gasteiger partial charge in [-0.2, -0.15) is 0 Å². The molecule has 0 bridgehead atoms. The summed E-state index contributed by atoms with van der Waals surface area (Å²) in [6.07, 6.45) is 6.93. The number of nitrogens with two attached hydrogens (primary N) is 2. The molecule has 41 heavy (non-hydrogen) atoms. The summed E-state index contributed by atoms with van der Waals surface area (Å²) in [4.78, 5) is 31.3. The largest absolute Gasteiger partial charge is 0.498 e. The number of esters is 1. The number of ether oxygens (including phenoxy) is 2. The Balaban J connectivity index is 1.40. The summed E-state index contributed by atoms with van der Waals surface area (Å²) < 4.78 is 11.4. The van der Waals surface area contributed by atoms with Crippen LogP contribution in [-0.4, -0.2) is 80.3 Å². The van der Waals surface area contributed by atoms with Crippen LogP contribution < -0.4 is 16.4 Å². The third-order valence-corrected chi connectivity index (χ3v) is 8.34. The van der Waals surface area contributed by atoms with Gasteiger partial charge in [-0.1, -0.05) is 35.7 Å². The molecule has 0 saturated carbocycles. The van der Waals surface area contributed by atoms with Crippen molar-refractivity contribution in [3.8, 4) is 0 Å². The number of carbonyl (C=O) groups is 2. The highest BCUT2D eigenvalue weighted by Gasteiger charge is 2.26. The van der Waals surface area contributed by atoms with Gasteiger partial charge in [-0.3, -0.25) is 19.4 Å². The van der Waals surface area contributed by atoms with Crippen LogP contribution in [0.1, 0.15) is 58.8 Å². The lowest BCUT2D eigenvalue weighted by Crippen LogP contribution is -2.46. The molecular weight excluding hydrogens is 565 g/mol. The van der Waals surface area contributed by atoms with Crippen molar-refractivity contribution in [1.82, 2.24) is 9.80 Å². The average molecular weight is 611 g/mol. The van der Waals surface area contributed by atoms with Gasteiger partial charge in [0.05, 0.1) is 28.1 Å². The van der Waals surface area contributed by atoms with Crippen molar-refractivity contribution in [3.63, 3.8) is 0 Å². The highest BCUT2D eigenvalue weighted by atomic mass is 35.5. The number of benzene rings is 1. The summed E-state index contributed by atoms with van der Waals surface area (Å²) in [5.41, 5.74) is 14.2. The molecule has 1 saturated heterocycles. The molecule has 1 fully saturated rings. The van der Waals surface area contributed by atoms with E-state index in [1.54, 1.807) is 0 Å². The number of piperazine rings is 1. The minimum absolute atomic E-state index is 0.0862. The standard InChI is InChI=1S/C30H45Cl2N5O4/c1-22-11-12-28(38)37(21-41-30(39)25(34)9-3-4-13-33)27(22)20-23(2)40-19-6-5-14-35-15-17-36(18-16-35)26-10-7-8-24(31)29(26)32/h7-8,10,20,25H,3-6,9,11-19,21,33-34H2,1-2H3/b23-20+. The summed E-state index contributed by atoms with van der Waals surface area (Å²) >= 11 is 12.6. The number of hydrogen-bond acceptors (Lipinski definition) is 8. The van der Waals surface area contributed by atoms with E-state index in [2.05, 4.69) is 9.80 Å². The zero-order chi connectivity index (χ0) is 29.8. The lowest BCUT2D eigenvalue weighted by molar-refractivity contribution is -0.153. The number of hydrogen-bond donors (Lipinski definition) is 2. The van der Waals surface area contributed by atoms with Crippen LogP contribution in [0.15, 0.2) is 41.3 Å². The zero-order valence-corrected chi connectivity index (χ0v) is 25.9. The Morgan fingerprint density at radius 2 is 1.83 bits per heavy atom. The second kappa shape index (κ2) is 17.0. The number of amides is 1. The molecule has 1 atom stereocenters. The van der Waals surface area contributed by atoms with Gasteiger partial charge < -0.3 is 25.8 Å². The van der Waals surface area contributed by atoms with E-state index < -0.39 is 12.0 Å². The van der Waals surface area contributed by atoms with Crippen LogP contribution in [0.25, 0.3) is 0 Å². The van der Waals surface area contributed by atoms with E-state index >= 15 is 0 Å². The molecule has 2 aliphatic rings. The van der Waals surface area contributed by atoms with Gasteiger partial charge in [-0.15, -0.1) is 0 Å². The smallest absolute Gasteiger partial charge is 0.324 e. The summed E-state index contributed by atoms with van der Waals surface area (Å²) in [5.74, 6) is 0.122. The fourth-order valence-corrected chi connectivity index (χ4v) is 5.40. The molecule has 1 unspecified atom stereocenters. The predicted octanol–water partition coefficient (Wildman–Crippen LogP) is 4.67. The topological polar surface area (TPSA) is 114 Å². The van der Waals surface area contributed by atoms with Crippen LogP contribution in [0.3, 0.4) is 0 Å². The number of halogens is 2. The van der Waals surface area contributed by atoms with E-state index in [0.29, 0.717) is 42.5 Å². The van der Waals surface area contributed by atoms with E-state index in [-0.39, 0.29) is 12.6 Å². The zero-order valence-electron chi connectivity index (χ0n) is 24.4. The van der Waals surface area contributed by atoms with Crippen LogP contribution >= 0.6 is 23.2 Å². The van der Waals surface area contributed by atoms with Crippen LogP contribution in [0.2, 0.25) is 10.0 Å². The normalized spacial score (nSPS) is 17.7. The summed E-state index contributed by atoms with van der Waals surface area (Å²) in [7, 11) is 0. The lowest BCUT2D eigenvalue weighted by Gasteiger charge is -2.36. The second-order valence-corrected chi connectivity index (χ2v) is 11.5. The Bertz CT molecular complexity index is 1090. The maximum Gasteiger partial charge on any atom is 0.324 e. The maximum atomic E-state index is 12.7. The van der Waals surface area contributed by atoms with Gasteiger partial charge in [-0.05, 0) is 82.8 Å². The van der Waals surface area contributed by atoms with Crippen LogP contribution in [-0.2, 0) is 19.1 Å². The number of nitrogens with zero attached hydrogens (tertiary/aromatic N) is 3. The Morgan fingerprint density at radius 1 is 1.07 bits per heavy atom.